The number of furan rings is 1. The Kier molecular flexibility index (Phi) is 8.94. The van der Waals surface area contributed by atoms with Crippen molar-refractivity contribution in [2.45, 2.75) is 44.7 Å². The van der Waals surface area contributed by atoms with Gasteiger partial charge in [-0.3, -0.25) is 14.8 Å². The molecule has 0 atom stereocenters. The number of fused-ring (bicyclic) bond motifs is 1. The molecule has 0 radical (unpaired) electrons. The zero-order valence-corrected chi connectivity index (χ0v) is 25.4. The lowest BCUT2D eigenvalue weighted by Gasteiger charge is -2.27. The summed E-state index contributed by atoms with van der Waals surface area (Å²) < 4.78 is 17.5. The molecule has 0 unspecified atom stereocenters. The summed E-state index contributed by atoms with van der Waals surface area (Å²) in [5.74, 6) is 0.697. The van der Waals surface area contributed by atoms with Crippen LogP contribution in [0, 0.1) is 11.3 Å². The molecule has 5 rings (SSSR count). The van der Waals surface area contributed by atoms with Crippen LogP contribution in [0.15, 0.2) is 53.2 Å². The Balaban J connectivity index is 1.42. The molecular weight excluding hydrogens is 544 g/mol. The average Bonchev–Trinajstić information content (AvgIpc) is 3.45. The van der Waals surface area contributed by atoms with Gasteiger partial charge in [0, 0.05) is 54.9 Å². The van der Waals surface area contributed by atoms with Crippen molar-refractivity contribution in [1.82, 2.24) is 20.2 Å². The number of methoxy groups -OCH3 is 1. The van der Waals surface area contributed by atoms with E-state index in [1.165, 1.54) is 0 Å². The molecule has 0 aliphatic carbocycles. The third kappa shape index (κ3) is 6.96. The zero-order valence-electron chi connectivity index (χ0n) is 25.4. The van der Waals surface area contributed by atoms with Crippen LogP contribution in [-0.4, -0.2) is 73.3 Å². The number of amides is 1. The van der Waals surface area contributed by atoms with Gasteiger partial charge >= 0.3 is 0 Å². The Morgan fingerprint density at radius 3 is 2.65 bits per heavy atom. The number of hydrogen-bond donors (Lipinski definition) is 2. The van der Waals surface area contributed by atoms with E-state index in [0.717, 1.165) is 55.8 Å². The summed E-state index contributed by atoms with van der Waals surface area (Å²) in [5.41, 5.74) is 4.72. The van der Waals surface area contributed by atoms with Crippen molar-refractivity contribution in [3.63, 3.8) is 0 Å². The molecule has 4 heterocycles. The number of aromatic nitrogens is 2. The minimum absolute atomic E-state index is 0.256. The molecule has 10 nitrogen and oxygen atoms in total. The van der Waals surface area contributed by atoms with Crippen molar-refractivity contribution in [3.05, 3.63) is 60.0 Å². The SMILES string of the molecule is COc1cc(C(=O)NC(C)(C)CCN(C)C)ncc1-c1cc2nccc(-c3ccc(NC4CCOCC4)c(C#N)c3)c2o1. The Labute approximate surface area is 252 Å². The number of hydrogen-bond acceptors (Lipinski definition) is 9. The molecule has 0 saturated carbocycles. The second-order valence-electron chi connectivity index (χ2n) is 11.7. The quantitative estimate of drug-likeness (QED) is 0.250. The van der Waals surface area contributed by atoms with E-state index in [4.69, 9.17) is 13.9 Å². The summed E-state index contributed by atoms with van der Waals surface area (Å²) >= 11 is 0. The van der Waals surface area contributed by atoms with Gasteiger partial charge in [0.25, 0.3) is 5.91 Å². The zero-order chi connectivity index (χ0) is 30.6. The Morgan fingerprint density at radius 1 is 1.14 bits per heavy atom. The fourth-order valence-electron chi connectivity index (χ4n) is 5.14. The summed E-state index contributed by atoms with van der Waals surface area (Å²) in [7, 11) is 5.56. The largest absolute Gasteiger partial charge is 0.496 e. The molecule has 43 heavy (non-hydrogen) atoms. The lowest BCUT2D eigenvalue weighted by molar-refractivity contribution is 0.0898. The number of pyridine rings is 2. The standard InChI is InChI=1S/C33H38N6O4/c1-33(2,11-13-39(3)4)38-32(40)28-18-29(41-5)25(20-36-28)30-17-27-31(43-30)24(8-12-35-27)21-6-7-26(22(16-21)19-34)37-23-9-14-42-15-10-23/h6-8,12,16-18,20,23,37H,9-11,13-15H2,1-5H3,(H,38,40). The van der Waals surface area contributed by atoms with E-state index in [2.05, 4.69) is 31.6 Å². The highest BCUT2D eigenvalue weighted by Gasteiger charge is 2.24. The molecule has 1 aliphatic rings. The first-order valence-electron chi connectivity index (χ1n) is 14.5. The van der Waals surface area contributed by atoms with E-state index >= 15 is 0 Å². The Hall–Kier alpha value is -4.46. The normalized spacial score (nSPS) is 14.1. The lowest BCUT2D eigenvalue weighted by atomic mass is 10.00. The van der Waals surface area contributed by atoms with Crippen molar-refractivity contribution >= 4 is 22.7 Å². The molecule has 3 aromatic heterocycles. The first kappa shape index (κ1) is 30.0. The van der Waals surface area contributed by atoms with Crippen LogP contribution in [-0.2, 0) is 4.74 Å². The molecule has 1 aliphatic heterocycles. The second kappa shape index (κ2) is 12.8. The number of nitrogens with zero attached hydrogens (tertiary/aromatic N) is 4. The first-order chi connectivity index (χ1) is 20.7. The number of benzene rings is 1. The number of rotatable bonds is 10. The van der Waals surface area contributed by atoms with Gasteiger partial charge in [-0.1, -0.05) is 6.07 Å². The molecule has 4 aromatic rings. The van der Waals surface area contributed by atoms with Crippen LogP contribution in [0.1, 0.15) is 49.2 Å². The molecule has 1 saturated heterocycles. The third-order valence-electron chi connectivity index (χ3n) is 7.66. The topological polar surface area (TPSA) is 126 Å². The van der Waals surface area contributed by atoms with E-state index in [1.807, 2.05) is 58.3 Å². The van der Waals surface area contributed by atoms with Crippen LogP contribution >= 0.6 is 0 Å². The highest BCUT2D eigenvalue weighted by molar-refractivity contribution is 5.95. The molecule has 1 fully saturated rings. The molecule has 224 valence electrons. The van der Waals surface area contributed by atoms with Gasteiger partial charge in [0.05, 0.1) is 23.9 Å². The highest BCUT2D eigenvalue weighted by Crippen LogP contribution is 2.38. The van der Waals surface area contributed by atoms with Gasteiger partial charge in [-0.05, 0) is 77.5 Å². The number of nitriles is 1. The van der Waals surface area contributed by atoms with E-state index in [0.29, 0.717) is 33.7 Å². The van der Waals surface area contributed by atoms with Crippen molar-refractivity contribution < 1.29 is 18.7 Å². The van der Waals surface area contributed by atoms with Crippen molar-refractivity contribution in [2.75, 3.05) is 46.3 Å². The van der Waals surface area contributed by atoms with Crippen LogP contribution in [0.3, 0.4) is 0 Å². The fourth-order valence-corrected chi connectivity index (χ4v) is 5.14. The Bertz CT molecular complexity index is 1650. The van der Waals surface area contributed by atoms with Crippen molar-refractivity contribution in [3.8, 4) is 34.3 Å². The molecular formula is C33H38N6O4. The predicted octanol–water partition coefficient (Wildman–Crippen LogP) is 5.49. The second-order valence-corrected chi connectivity index (χ2v) is 11.7. The molecule has 1 amide bonds. The number of carbonyl (C=O) groups excluding carboxylic acids is 1. The summed E-state index contributed by atoms with van der Waals surface area (Å²) in [4.78, 5) is 24.1. The van der Waals surface area contributed by atoms with Crippen LogP contribution < -0.4 is 15.4 Å². The number of anilines is 1. The maximum atomic E-state index is 13.0. The van der Waals surface area contributed by atoms with Gasteiger partial charge < -0.3 is 29.4 Å². The lowest BCUT2D eigenvalue weighted by Crippen LogP contribution is -2.45. The molecule has 0 bridgehead atoms. The van der Waals surface area contributed by atoms with Crippen molar-refractivity contribution in [2.24, 2.45) is 0 Å². The van der Waals surface area contributed by atoms with Gasteiger partial charge in [-0.25, -0.2) is 0 Å². The fraction of sp³-hybridized carbons (Fsp3) is 0.394. The number of ether oxygens (including phenoxy) is 2. The van der Waals surface area contributed by atoms with Crippen LogP contribution in [0.5, 0.6) is 5.75 Å². The molecule has 10 heteroatoms. The summed E-state index contributed by atoms with van der Waals surface area (Å²) in [6.45, 7) is 6.28. The van der Waals surface area contributed by atoms with Gasteiger partial charge in [0.15, 0.2) is 5.58 Å². The van der Waals surface area contributed by atoms with Crippen molar-refractivity contribution in [1.29, 1.82) is 5.26 Å². The molecule has 2 N–H and O–H groups in total. The van der Waals surface area contributed by atoms with Gasteiger partial charge in [0.1, 0.15) is 28.8 Å². The van der Waals surface area contributed by atoms with E-state index < -0.39 is 5.54 Å². The summed E-state index contributed by atoms with van der Waals surface area (Å²) in [6, 6.07) is 13.7. The smallest absolute Gasteiger partial charge is 0.270 e. The monoisotopic (exact) mass is 582 g/mol. The van der Waals surface area contributed by atoms with E-state index in [1.54, 1.807) is 25.6 Å². The first-order valence-corrected chi connectivity index (χ1v) is 14.5. The summed E-state index contributed by atoms with van der Waals surface area (Å²) in [5, 5.41) is 16.5. The predicted molar refractivity (Wildman–Crippen MR) is 166 cm³/mol. The minimum atomic E-state index is -0.403. The summed E-state index contributed by atoms with van der Waals surface area (Å²) in [6.07, 6.45) is 5.91. The van der Waals surface area contributed by atoms with E-state index in [9.17, 15) is 10.1 Å². The van der Waals surface area contributed by atoms with Crippen LogP contribution in [0.25, 0.3) is 33.6 Å². The van der Waals surface area contributed by atoms with Gasteiger partial charge in [0.2, 0.25) is 0 Å². The third-order valence-corrected chi connectivity index (χ3v) is 7.66. The average molecular weight is 583 g/mol. The maximum absolute atomic E-state index is 13.0. The molecule has 0 spiro atoms. The molecule has 1 aromatic carbocycles. The van der Waals surface area contributed by atoms with Gasteiger partial charge in [-0.2, -0.15) is 5.26 Å². The Morgan fingerprint density at radius 2 is 1.93 bits per heavy atom. The minimum Gasteiger partial charge on any atom is -0.496 e. The van der Waals surface area contributed by atoms with Gasteiger partial charge in [-0.15, -0.1) is 0 Å². The van der Waals surface area contributed by atoms with Crippen LogP contribution in [0.4, 0.5) is 5.69 Å². The highest BCUT2D eigenvalue weighted by atomic mass is 16.5. The number of carbonyl (C=O) groups is 1. The number of nitrogens with one attached hydrogen (secondary N) is 2. The van der Waals surface area contributed by atoms with Crippen LogP contribution in [0.2, 0.25) is 0 Å². The van der Waals surface area contributed by atoms with E-state index in [-0.39, 0.29) is 17.6 Å². The maximum Gasteiger partial charge on any atom is 0.270 e.